The molecule has 2 heterocycles. The lowest BCUT2D eigenvalue weighted by Gasteiger charge is -2.08. The smallest absolute Gasteiger partial charge is 0.322 e. The largest absolute Gasteiger partial charge is 0.416 e. The number of para-hydroxylation sites is 1. The molecule has 0 saturated heterocycles. The molecule has 1 aliphatic heterocycles. The first-order valence-electron chi connectivity index (χ1n) is 9.82. The second-order valence-corrected chi connectivity index (χ2v) is 7.53. The molecule has 7 heteroatoms. The van der Waals surface area contributed by atoms with Crippen LogP contribution in [0.25, 0.3) is 11.0 Å². The summed E-state index contributed by atoms with van der Waals surface area (Å²) in [4.78, 5) is 12.8. The van der Waals surface area contributed by atoms with Crippen molar-refractivity contribution >= 4 is 22.6 Å². The van der Waals surface area contributed by atoms with Crippen LogP contribution in [0, 0.1) is 6.92 Å². The van der Waals surface area contributed by atoms with Crippen LogP contribution in [-0.4, -0.2) is 10.5 Å². The molecule has 1 amide bonds. The summed E-state index contributed by atoms with van der Waals surface area (Å²) in [6, 6.07) is 11.3. The van der Waals surface area contributed by atoms with Gasteiger partial charge in [0.15, 0.2) is 17.6 Å². The Balaban J connectivity index is 1.76. The molecule has 0 radical (unpaired) electrons. The van der Waals surface area contributed by atoms with Crippen LogP contribution >= 0.6 is 0 Å². The lowest BCUT2D eigenvalue weighted by molar-refractivity contribution is -0.678. The monoisotopic (exact) mass is 402 g/mol. The Morgan fingerprint density at radius 1 is 1.14 bits per heavy atom. The number of carbonyl (C=O) groups excluding carboxylic acids is 1. The van der Waals surface area contributed by atoms with Crippen LogP contribution in [0.1, 0.15) is 36.2 Å². The Kier molecular flexibility index (Phi) is 5.06. The molecule has 4 rings (SSSR count). The van der Waals surface area contributed by atoms with E-state index in [2.05, 4.69) is 9.88 Å². The van der Waals surface area contributed by atoms with Crippen molar-refractivity contribution in [2.75, 3.05) is 5.32 Å². The average Bonchev–Trinajstić information content (AvgIpc) is 2.82. The maximum Gasteiger partial charge on any atom is 0.416 e. The van der Waals surface area contributed by atoms with Crippen molar-refractivity contribution < 1.29 is 22.5 Å². The number of fused-ring (bicyclic) bond motifs is 3. The minimum atomic E-state index is -4.42. The second kappa shape index (κ2) is 7.54. The molecule has 1 N–H and O–H groups in total. The van der Waals surface area contributed by atoms with Crippen LogP contribution in [0.15, 0.2) is 42.5 Å². The van der Waals surface area contributed by atoms with Crippen LogP contribution in [0.3, 0.4) is 0 Å². The summed E-state index contributed by atoms with van der Waals surface area (Å²) in [7, 11) is 0. The van der Waals surface area contributed by atoms with Crippen LogP contribution in [0.2, 0.25) is 0 Å². The van der Waals surface area contributed by atoms with Gasteiger partial charge >= 0.3 is 6.18 Å². The zero-order valence-corrected chi connectivity index (χ0v) is 16.2. The van der Waals surface area contributed by atoms with Crippen molar-refractivity contribution in [3.8, 4) is 0 Å². The number of carbonyl (C=O) groups is 1. The third-order valence-corrected chi connectivity index (χ3v) is 5.51. The van der Waals surface area contributed by atoms with Crippen molar-refractivity contribution in [2.45, 2.75) is 51.9 Å². The summed E-state index contributed by atoms with van der Waals surface area (Å²) in [6.45, 7) is 2.64. The van der Waals surface area contributed by atoms with Gasteiger partial charge < -0.3 is 5.32 Å². The fourth-order valence-electron chi connectivity index (χ4n) is 4.04. The number of hydrogen-bond donors (Lipinski definition) is 1. The number of alkyl halides is 3. The van der Waals surface area contributed by atoms with Crippen LogP contribution in [0.5, 0.6) is 0 Å². The highest BCUT2D eigenvalue weighted by Crippen LogP contribution is 2.32. The van der Waals surface area contributed by atoms with E-state index in [9.17, 15) is 18.0 Å². The zero-order chi connectivity index (χ0) is 20.6. The van der Waals surface area contributed by atoms with Gasteiger partial charge in [-0.1, -0.05) is 18.2 Å². The predicted octanol–water partition coefficient (Wildman–Crippen LogP) is 4.62. The SMILES string of the molecule is Cc1ccccc1NC(=O)Cn1c2[n+](c3ccc(C(F)(F)F)cc31)CCCCC2. The first kappa shape index (κ1) is 19.5. The summed E-state index contributed by atoms with van der Waals surface area (Å²) in [5.74, 6) is 0.665. The fraction of sp³-hybridized carbons (Fsp3) is 0.364. The van der Waals surface area contributed by atoms with Crippen LogP contribution < -0.4 is 9.88 Å². The Morgan fingerprint density at radius 3 is 2.69 bits per heavy atom. The molecule has 0 fully saturated rings. The Labute approximate surface area is 167 Å². The number of amides is 1. The second-order valence-electron chi connectivity index (χ2n) is 7.53. The predicted molar refractivity (Wildman–Crippen MR) is 104 cm³/mol. The first-order chi connectivity index (χ1) is 13.8. The Bertz CT molecular complexity index is 1070. The molecular formula is C22H23F3N3O+. The average molecular weight is 402 g/mol. The van der Waals surface area contributed by atoms with E-state index >= 15 is 0 Å². The number of benzene rings is 2. The Morgan fingerprint density at radius 2 is 1.93 bits per heavy atom. The zero-order valence-electron chi connectivity index (χ0n) is 16.2. The summed E-state index contributed by atoms with van der Waals surface area (Å²) in [5, 5.41) is 2.89. The number of nitrogens with one attached hydrogen (secondary N) is 1. The molecule has 0 spiro atoms. The summed E-state index contributed by atoms with van der Waals surface area (Å²) >= 11 is 0. The van der Waals surface area contributed by atoms with E-state index < -0.39 is 11.7 Å². The molecule has 29 heavy (non-hydrogen) atoms. The highest BCUT2D eigenvalue weighted by atomic mass is 19.4. The van der Waals surface area contributed by atoms with Crippen molar-refractivity contribution in [1.29, 1.82) is 0 Å². The van der Waals surface area contributed by atoms with E-state index in [4.69, 9.17) is 0 Å². The number of nitrogens with zero attached hydrogens (tertiary/aromatic N) is 2. The maximum absolute atomic E-state index is 13.3. The van der Waals surface area contributed by atoms with Gasteiger partial charge in [0.1, 0.15) is 0 Å². The molecule has 0 aliphatic carbocycles. The number of hydrogen-bond acceptors (Lipinski definition) is 1. The molecule has 4 nitrogen and oxygen atoms in total. The maximum atomic E-state index is 13.3. The first-order valence-corrected chi connectivity index (χ1v) is 9.82. The van der Waals surface area contributed by atoms with Gasteiger partial charge in [0, 0.05) is 18.2 Å². The summed E-state index contributed by atoms with van der Waals surface area (Å²) in [6.07, 6.45) is -0.670. The number of rotatable bonds is 3. The molecule has 0 unspecified atom stereocenters. The normalized spacial score (nSPS) is 14.5. The van der Waals surface area contributed by atoms with Crippen molar-refractivity contribution in [2.24, 2.45) is 0 Å². The van der Waals surface area contributed by atoms with Gasteiger partial charge in [0.25, 0.3) is 11.7 Å². The van der Waals surface area contributed by atoms with Gasteiger partial charge in [-0.3, -0.25) is 4.79 Å². The van der Waals surface area contributed by atoms with Gasteiger partial charge in [-0.15, -0.1) is 0 Å². The highest BCUT2D eigenvalue weighted by Gasteiger charge is 2.34. The van der Waals surface area contributed by atoms with Crippen molar-refractivity contribution in [3.63, 3.8) is 0 Å². The van der Waals surface area contributed by atoms with E-state index in [1.807, 2.05) is 31.2 Å². The van der Waals surface area contributed by atoms with Crippen LogP contribution in [0.4, 0.5) is 18.9 Å². The molecule has 0 bridgehead atoms. The fourth-order valence-corrected chi connectivity index (χ4v) is 4.04. The number of anilines is 1. The van der Waals surface area contributed by atoms with E-state index in [1.54, 1.807) is 4.57 Å². The minimum absolute atomic E-state index is 0.0194. The third kappa shape index (κ3) is 3.86. The van der Waals surface area contributed by atoms with Crippen molar-refractivity contribution in [3.05, 3.63) is 59.4 Å². The lowest BCUT2D eigenvalue weighted by atomic mass is 10.1. The number of aromatic nitrogens is 2. The number of halogens is 3. The summed E-state index contributed by atoms with van der Waals surface area (Å²) in [5.41, 5.74) is 2.16. The lowest BCUT2D eigenvalue weighted by Crippen LogP contribution is -2.37. The van der Waals surface area contributed by atoms with E-state index in [1.165, 1.54) is 6.07 Å². The number of imidazole rings is 1. The van der Waals surface area contributed by atoms with E-state index in [0.29, 0.717) is 11.2 Å². The topological polar surface area (TPSA) is 37.9 Å². The molecule has 3 aromatic rings. The van der Waals surface area contributed by atoms with Crippen molar-refractivity contribution in [1.82, 2.24) is 4.57 Å². The third-order valence-electron chi connectivity index (χ3n) is 5.51. The highest BCUT2D eigenvalue weighted by molar-refractivity contribution is 5.92. The standard InChI is InChI=1S/C22H22F3N3O/c1-15-7-4-5-8-17(15)26-20(29)14-28-19-13-16(22(23,24)25)10-11-18(19)27-12-6-2-3-9-21(27)28/h4-5,7-8,10-11,13H,2-3,6,9,12,14H2,1H3/p+1. The molecule has 0 atom stereocenters. The molecule has 152 valence electrons. The number of aryl methyl sites for hydroxylation is 2. The molecule has 2 aromatic carbocycles. The molecule has 1 aliphatic rings. The molecule has 0 saturated carbocycles. The van der Waals surface area contributed by atoms with Gasteiger partial charge in [0.2, 0.25) is 0 Å². The quantitative estimate of drug-likeness (QED) is 0.638. The van der Waals surface area contributed by atoms with Gasteiger partial charge in [-0.2, -0.15) is 13.2 Å². The van der Waals surface area contributed by atoms with E-state index in [0.717, 1.165) is 61.3 Å². The Hall–Kier alpha value is -2.83. The molecule has 1 aromatic heterocycles. The van der Waals surface area contributed by atoms with Gasteiger partial charge in [-0.25, -0.2) is 9.13 Å². The van der Waals surface area contributed by atoms with Crippen LogP contribution in [-0.2, 0) is 30.5 Å². The minimum Gasteiger partial charge on any atom is -0.322 e. The summed E-state index contributed by atoms with van der Waals surface area (Å²) < 4.78 is 43.7. The van der Waals surface area contributed by atoms with Gasteiger partial charge in [-0.05, 0) is 49.9 Å². The van der Waals surface area contributed by atoms with E-state index in [-0.39, 0.29) is 12.5 Å². The molecular weight excluding hydrogens is 379 g/mol. The van der Waals surface area contributed by atoms with Gasteiger partial charge in [0.05, 0.1) is 12.1 Å².